The number of aliphatic hydroxyl groups is 1. The maximum atomic E-state index is 12.4. The molecule has 1 saturated heterocycles. The first-order valence-corrected chi connectivity index (χ1v) is 12.8. The summed E-state index contributed by atoms with van der Waals surface area (Å²) in [5.74, 6) is -0.263. The van der Waals surface area contributed by atoms with Crippen molar-refractivity contribution in [3.05, 3.63) is 65.9 Å². The molecule has 0 bridgehead atoms. The van der Waals surface area contributed by atoms with Gasteiger partial charge in [0.15, 0.2) is 5.82 Å². The molecule has 9 nitrogen and oxygen atoms in total. The number of piperidine rings is 1. The van der Waals surface area contributed by atoms with E-state index >= 15 is 0 Å². The number of rotatable bonds is 8. The van der Waals surface area contributed by atoms with Crippen LogP contribution in [0, 0.1) is 18.3 Å². The first-order chi connectivity index (χ1) is 18.0. The molecule has 0 saturated carbocycles. The van der Waals surface area contributed by atoms with Crippen molar-refractivity contribution in [1.82, 2.24) is 14.7 Å². The molecule has 9 heteroatoms. The zero-order chi connectivity index (χ0) is 27.5. The molecule has 0 spiro atoms. The van der Waals surface area contributed by atoms with Crippen LogP contribution in [0.5, 0.6) is 0 Å². The summed E-state index contributed by atoms with van der Waals surface area (Å²) >= 11 is 0. The molecule has 0 aliphatic carbocycles. The van der Waals surface area contributed by atoms with Crippen LogP contribution < -0.4 is 11.1 Å². The lowest BCUT2D eigenvalue weighted by molar-refractivity contribution is -0.245. The SMILES string of the molecule is Cc1ccc(-c2cccc(Nc3nn(C4(CC#N)CCN(C(O)OC(C)(C)C)CC4)cc3C(N)=O)c2)cc1. The van der Waals surface area contributed by atoms with Crippen LogP contribution in [-0.2, 0) is 10.3 Å². The number of ether oxygens (including phenoxy) is 1. The molecule has 1 aromatic heterocycles. The van der Waals surface area contributed by atoms with Crippen molar-refractivity contribution >= 4 is 17.4 Å². The van der Waals surface area contributed by atoms with Gasteiger partial charge in [0.25, 0.3) is 5.91 Å². The number of nitriles is 1. The van der Waals surface area contributed by atoms with Gasteiger partial charge in [-0.2, -0.15) is 10.4 Å². The van der Waals surface area contributed by atoms with E-state index in [-0.39, 0.29) is 12.0 Å². The minimum Gasteiger partial charge on any atom is -0.365 e. The Balaban J connectivity index is 1.59. The number of likely N-dealkylation sites (tertiary alicyclic amines) is 1. The second-order valence-electron chi connectivity index (χ2n) is 10.9. The summed E-state index contributed by atoms with van der Waals surface area (Å²) in [6.45, 7) is 8.73. The molecule has 1 unspecified atom stereocenters. The standard InChI is InChI=1S/C29H36N6O3/c1-20-8-10-21(11-9-20)22-6-5-7-23(18-22)32-26-24(25(31)36)19-35(33-26)29(12-15-30)13-16-34(17-14-29)27(37)38-28(2,3)4/h5-11,18-19,27,37H,12-14,16-17H2,1-4H3,(H2,31,36)(H,32,33). The van der Waals surface area contributed by atoms with Crippen molar-refractivity contribution in [3.63, 3.8) is 0 Å². The highest BCUT2D eigenvalue weighted by atomic mass is 16.6. The van der Waals surface area contributed by atoms with E-state index in [1.54, 1.807) is 10.9 Å². The van der Waals surface area contributed by atoms with E-state index in [9.17, 15) is 15.2 Å². The minimum absolute atomic E-state index is 0.208. The van der Waals surface area contributed by atoms with E-state index in [2.05, 4.69) is 35.7 Å². The van der Waals surface area contributed by atoms with Gasteiger partial charge in [0.2, 0.25) is 6.41 Å². The number of aliphatic hydroxyl groups excluding tert-OH is 1. The van der Waals surface area contributed by atoms with Crippen LogP contribution in [-0.4, -0.2) is 50.8 Å². The van der Waals surface area contributed by atoms with Gasteiger partial charge >= 0.3 is 0 Å². The molecule has 1 fully saturated rings. The minimum atomic E-state index is -1.04. The van der Waals surface area contributed by atoms with Crippen LogP contribution in [0.3, 0.4) is 0 Å². The number of primary amides is 1. The number of anilines is 2. The Kier molecular flexibility index (Phi) is 7.88. The summed E-state index contributed by atoms with van der Waals surface area (Å²) in [5.41, 5.74) is 8.91. The van der Waals surface area contributed by atoms with Crippen molar-refractivity contribution in [2.45, 2.75) is 64.5 Å². The Morgan fingerprint density at radius 2 is 1.89 bits per heavy atom. The Bertz CT molecular complexity index is 1310. The summed E-state index contributed by atoms with van der Waals surface area (Å²) in [6.07, 6.45) is 1.90. The lowest BCUT2D eigenvalue weighted by Gasteiger charge is -2.43. The first kappa shape index (κ1) is 27.3. The molecule has 200 valence electrons. The molecule has 3 aromatic rings. The van der Waals surface area contributed by atoms with E-state index in [1.165, 1.54) is 5.56 Å². The summed E-state index contributed by atoms with van der Waals surface area (Å²) in [5, 5.41) is 28.2. The van der Waals surface area contributed by atoms with Gasteiger partial charge in [-0.25, -0.2) is 0 Å². The fourth-order valence-electron chi connectivity index (χ4n) is 4.73. The third-order valence-electron chi connectivity index (χ3n) is 6.88. The number of hydrogen-bond acceptors (Lipinski definition) is 7. The number of carbonyl (C=O) groups is 1. The fourth-order valence-corrected chi connectivity index (χ4v) is 4.73. The van der Waals surface area contributed by atoms with E-state index in [0.29, 0.717) is 31.7 Å². The van der Waals surface area contributed by atoms with Crippen LogP contribution in [0.25, 0.3) is 11.1 Å². The highest BCUT2D eigenvalue weighted by Gasteiger charge is 2.40. The normalized spacial score (nSPS) is 16.5. The Labute approximate surface area is 223 Å². The zero-order valence-electron chi connectivity index (χ0n) is 22.4. The molecule has 4 rings (SSSR count). The number of amides is 1. The average Bonchev–Trinajstić information content (AvgIpc) is 3.29. The molecule has 2 heterocycles. The Hall–Kier alpha value is -3.71. The molecule has 4 N–H and O–H groups in total. The quantitative estimate of drug-likeness (QED) is 0.376. The molecule has 2 aromatic carbocycles. The smallest absolute Gasteiger partial charge is 0.254 e. The lowest BCUT2D eigenvalue weighted by atomic mass is 9.85. The second-order valence-corrected chi connectivity index (χ2v) is 10.9. The van der Waals surface area contributed by atoms with Crippen LogP contribution in [0.2, 0.25) is 0 Å². The van der Waals surface area contributed by atoms with Crippen LogP contribution in [0.4, 0.5) is 11.5 Å². The number of aryl methyl sites for hydroxylation is 1. The van der Waals surface area contributed by atoms with Gasteiger partial charge < -0.3 is 20.9 Å². The molecule has 1 aliphatic heterocycles. The molecule has 38 heavy (non-hydrogen) atoms. The number of carbonyl (C=O) groups excluding carboxylic acids is 1. The number of hydrogen-bond donors (Lipinski definition) is 3. The number of aromatic nitrogens is 2. The number of nitrogens with zero attached hydrogens (tertiary/aromatic N) is 4. The second kappa shape index (κ2) is 11.0. The third kappa shape index (κ3) is 6.22. The van der Waals surface area contributed by atoms with Crippen molar-refractivity contribution in [2.75, 3.05) is 18.4 Å². The fraction of sp³-hybridized carbons (Fsp3) is 0.414. The average molecular weight is 517 g/mol. The van der Waals surface area contributed by atoms with E-state index in [1.807, 2.05) is 56.9 Å². The van der Waals surface area contributed by atoms with Crippen LogP contribution in [0.1, 0.15) is 56.0 Å². The highest BCUT2D eigenvalue weighted by Crippen LogP contribution is 2.36. The number of nitrogens with one attached hydrogen (secondary N) is 1. The van der Waals surface area contributed by atoms with E-state index < -0.39 is 23.5 Å². The molecule has 1 amide bonds. The molecular weight excluding hydrogens is 480 g/mol. The van der Waals surface area contributed by atoms with Gasteiger partial charge in [0.1, 0.15) is 5.56 Å². The van der Waals surface area contributed by atoms with Gasteiger partial charge in [-0.15, -0.1) is 0 Å². The maximum absolute atomic E-state index is 12.4. The van der Waals surface area contributed by atoms with Gasteiger partial charge in [0, 0.05) is 25.0 Å². The highest BCUT2D eigenvalue weighted by molar-refractivity contribution is 5.98. The largest absolute Gasteiger partial charge is 0.365 e. The summed E-state index contributed by atoms with van der Waals surface area (Å²) in [7, 11) is 0. The molecule has 1 aliphatic rings. The predicted molar refractivity (Wildman–Crippen MR) is 146 cm³/mol. The molecule has 1 atom stereocenters. The monoisotopic (exact) mass is 516 g/mol. The number of nitrogens with two attached hydrogens (primary N) is 1. The van der Waals surface area contributed by atoms with Gasteiger partial charge in [-0.1, -0.05) is 42.0 Å². The summed E-state index contributed by atoms with van der Waals surface area (Å²) in [4.78, 5) is 14.2. The predicted octanol–water partition coefficient (Wildman–Crippen LogP) is 4.50. The molecule has 0 radical (unpaired) electrons. The third-order valence-corrected chi connectivity index (χ3v) is 6.88. The van der Waals surface area contributed by atoms with Crippen molar-refractivity contribution in [2.24, 2.45) is 5.73 Å². The Morgan fingerprint density at radius 3 is 2.50 bits per heavy atom. The van der Waals surface area contributed by atoms with Gasteiger partial charge in [0.05, 0.1) is 23.6 Å². The lowest BCUT2D eigenvalue weighted by Crippen LogP contribution is -2.51. The van der Waals surface area contributed by atoms with Crippen molar-refractivity contribution in [1.29, 1.82) is 5.26 Å². The van der Waals surface area contributed by atoms with Crippen LogP contribution in [0.15, 0.2) is 54.7 Å². The topological polar surface area (TPSA) is 129 Å². The van der Waals surface area contributed by atoms with Gasteiger partial charge in [-0.3, -0.25) is 14.4 Å². The summed E-state index contributed by atoms with van der Waals surface area (Å²) in [6, 6.07) is 18.4. The Morgan fingerprint density at radius 1 is 1.21 bits per heavy atom. The van der Waals surface area contributed by atoms with E-state index in [4.69, 9.17) is 15.6 Å². The summed E-state index contributed by atoms with van der Waals surface area (Å²) < 4.78 is 7.41. The van der Waals surface area contributed by atoms with Crippen molar-refractivity contribution in [3.8, 4) is 17.2 Å². The molecular formula is C29H36N6O3. The van der Waals surface area contributed by atoms with Gasteiger partial charge in [-0.05, 0) is 63.8 Å². The van der Waals surface area contributed by atoms with Crippen molar-refractivity contribution < 1.29 is 14.6 Å². The van der Waals surface area contributed by atoms with Crippen LogP contribution >= 0.6 is 0 Å². The van der Waals surface area contributed by atoms with E-state index in [0.717, 1.165) is 16.8 Å². The maximum Gasteiger partial charge on any atom is 0.254 e. The first-order valence-electron chi connectivity index (χ1n) is 12.8. The number of benzene rings is 2. The zero-order valence-corrected chi connectivity index (χ0v) is 22.4.